The molecule has 0 aromatic heterocycles. The first-order chi connectivity index (χ1) is 15.1. The van der Waals surface area contributed by atoms with E-state index < -0.39 is 29.6 Å². The van der Waals surface area contributed by atoms with Crippen molar-refractivity contribution in [2.45, 2.75) is 52.2 Å². The van der Waals surface area contributed by atoms with Crippen LogP contribution in [0.4, 0.5) is 4.79 Å². The van der Waals surface area contributed by atoms with E-state index in [9.17, 15) is 19.2 Å². The molecular weight excluding hydrogens is 414 g/mol. The fraction of sp³-hybridized carbons (Fsp3) is 0.478. The van der Waals surface area contributed by atoms with Gasteiger partial charge in [-0.25, -0.2) is 9.59 Å². The molecule has 9 heteroatoms. The van der Waals surface area contributed by atoms with E-state index in [1.165, 1.54) is 12.2 Å². The molecule has 0 spiro atoms. The highest BCUT2D eigenvalue weighted by atomic mass is 16.6. The monoisotopic (exact) mass is 447 g/mol. The Kier molecular flexibility index (Phi) is 11.5. The first-order valence-corrected chi connectivity index (χ1v) is 10.5. The van der Waals surface area contributed by atoms with Crippen molar-refractivity contribution in [1.29, 1.82) is 0 Å². The lowest BCUT2D eigenvalue weighted by Gasteiger charge is -2.20. The number of rotatable bonds is 11. The van der Waals surface area contributed by atoms with Gasteiger partial charge in [-0.15, -0.1) is 0 Å². The van der Waals surface area contributed by atoms with Gasteiger partial charge < -0.3 is 25.4 Å². The zero-order chi connectivity index (χ0) is 24.0. The second-order valence-corrected chi connectivity index (χ2v) is 7.89. The van der Waals surface area contributed by atoms with Crippen LogP contribution in [-0.2, 0) is 30.3 Å². The van der Waals surface area contributed by atoms with E-state index in [1.807, 2.05) is 30.3 Å². The lowest BCUT2D eigenvalue weighted by molar-refractivity contribution is -0.137. The highest BCUT2D eigenvalue weighted by molar-refractivity contribution is 5.88. The lowest BCUT2D eigenvalue weighted by atomic mass is 10.0. The zero-order valence-corrected chi connectivity index (χ0v) is 19.1. The lowest BCUT2D eigenvalue weighted by Crippen LogP contribution is -2.48. The molecule has 0 bridgehead atoms. The van der Waals surface area contributed by atoms with Crippen LogP contribution in [0, 0.1) is 0 Å². The maximum Gasteiger partial charge on any atom is 0.407 e. The maximum absolute atomic E-state index is 12.6. The SMILES string of the molecule is CCOC(=O)/C=C/CNC(=O)[C@H](Cc1ccccc1)NC(=O)CCNC(=O)OC(C)(C)C. The number of hydrogen-bond acceptors (Lipinski definition) is 6. The van der Waals surface area contributed by atoms with Crippen LogP contribution in [0.5, 0.6) is 0 Å². The average molecular weight is 448 g/mol. The van der Waals surface area contributed by atoms with Crippen LogP contribution in [0.2, 0.25) is 0 Å². The third-order valence-corrected chi connectivity index (χ3v) is 3.89. The number of carbonyl (C=O) groups is 4. The average Bonchev–Trinajstić information content (AvgIpc) is 2.70. The maximum atomic E-state index is 12.6. The molecule has 1 atom stereocenters. The first kappa shape index (κ1) is 26.7. The Labute approximate surface area is 188 Å². The van der Waals surface area contributed by atoms with E-state index in [1.54, 1.807) is 27.7 Å². The smallest absolute Gasteiger partial charge is 0.407 e. The zero-order valence-electron chi connectivity index (χ0n) is 19.1. The fourth-order valence-corrected chi connectivity index (χ4v) is 2.55. The summed E-state index contributed by atoms with van der Waals surface area (Å²) in [5.41, 5.74) is 0.245. The van der Waals surface area contributed by atoms with Gasteiger partial charge in [0.2, 0.25) is 11.8 Å². The van der Waals surface area contributed by atoms with Crippen LogP contribution in [0.15, 0.2) is 42.5 Å². The van der Waals surface area contributed by atoms with E-state index in [2.05, 4.69) is 16.0 Å². The van der Waals surface area contributed by atoms with Crippen molar-refractivity contribution in [3.8, 4) is 0 Å². The third kappa shape index (κ3) is 12.4. The highest BCUT2D eigenvalue weighted by Gasteiger charge is 2.21. The summed E-state index contributed by atoms with van der Waals surface area (Å²) >= 11 is 0. The number of benzene rings is 1. The van der Waals surface area contributed by atoms with Gasteiger partial charge in [-0.2, -0.15) is 0 Å². The minimum absolute atomic E-state index is 0.0133. The van der Waals surface area contributed by atoms with Crippen molar-refractivity contribution in [3.05, 3.63) is 48.0 Å². The van der Waals surface area contributed by atoms with Gasteiger partial charge in [-0.1, -0.05) is 36.4 Å². The molecular formula is C23H33N3O6. The highest BCUT2D eigenvalue weighted by Crippen LogP contribution is 2.06. The normalized spacial score (nSPS) is 12.0. The van der Waals surface area contributed by atoms with Crippen LogP contribution >= 0.6 is 0 Å². The molecule has 0 saturated heterocycles. The predicted molar refractivity (Wildman–Crippen MR) is 120 cm³/mol. The quantitative estimate of drug-likeness (QED) is 0.352. The Morgan fingerprint density at radius 1 is 1.06 bits per heavy atom. The molecule has 3 amide bonds. The van der Waals surface area contributed by atoms with Gasteiger partial charge in [0.25, 0.3) is 0 Å². The van der Waals surface area contributed by atoms with Crippen LogP contribution < -0.4 is 16.0 Å². The van der Waals surface area contributed by atoms with Gasteiger partial charge in [0, 0.05) is 32.0 Å². The molecule has 1 aromatic rings. The van der Waals surface area contributed by atoms with E-state index in [-0.39, 0.29) is 32.0 Å². The van der Waals surface area contributed by atoms with Gasteiger partial charge >= 0.3 is 12.1 Å². The summed E-state index contributed by atoms with van der Waals surface area (Å²) in [5.74, 6) is -1.27. The topological polar surface area (TPSA) is 123 Å². The van der Waals surface area contributed by atoms with E-state index in [4.69, 9.17) is 9.47 Å². The van der Waals surface area contributed by atoms with Crippen molar-refractivity contribution in [2.24, 2.45) is 0 Å². The number of amides is 3. The third-order valence-electron chi connectivity index (χ3n) is 3.89. The molecule has 32 heavy (non-hydrogen) atoms. The standard InChI is InChI=1S/C23H33N3O6/c1-5-31-20(28)12-9-14-24-21(29)18(16-17-10-7-6-8-11-17)26-19(27)13-15-25-22(30)32-23(2,3)4/h6-12,18H,5,13-16H2,1-4H3,(H,24,29)(H,25,30)(H,26,27)/b12-9+/t18-/m0/s1. The largest absolute Gasteiger partial charge is 0.463 e. The predicted octanol–water partition coefficient (Wildman–Crippen LogP) is 1.86. The Bertz CT molecular complexity index is 787. The van der Waals surface area contributed by atoms with E-state index >= 15 is 0 Å². The summed E-state index contributed by atoms with van der Waals surface area (Å²) < 4.78 is 9.89. The number of hydrogen-bond donors (Lipinski definition) is 3. The Balaban J connectivity index is 2.61. The van der Waals surface area contributed by atoms with Crippen molar-refractivity contribution in [3.63, 3.8) is 0 Å². The summed E-state index contributed by atoms with van der Waals surface area (Å²) in [5, 5.41) is 7.88. The molecule has 9 nitrogen and oxygen atoms in total. The summed E-state index contributed by atoms with van der Waals surface area (Å²) in [6.07, 6.45) is 2.37. The first-order valence-electron chi connectivity index (χ1n) is 10.5. The molecule has 0 aliphatic rings. The molecule has 1 aromatic carbocycles. The van der Waals surface area contributed by atoms with E-state index in [0.717, 1.165) is 5.56 Å². The number of carbonyl (C=O) groups excluding carboxylic acids is 4. The van der Waals surface area contributed by atoms with Gasteiger partial charge in [-0.3, -0.25) is 9.59 Å². The molecule has 0 heterocycles. The minimum Gasteiger partial charge on any atom is -0.463 e. The van der Waals surface area contributed by atoms with Crippen LogP contribution in [-0.4, -0.2) is 55.2 Å². The van der Waals surface area contributed by atoms with Crippen molar-refractivity contribution >= 4 is 23.9 Å². The molecule has 0 aliphatic carbocycles. The van der Waals surface area contributed by atoms with Gasteiger partial charge in [0.1, 0.15) is 11.6 Å². The molecule has 0 fully saturated rings. The molecule has 1 rings (SSSR count). The minimum atomic E-state index is -0.817. The van der Waals surface area contributed by atoms with Crippen LogP contribution in [0.25, 0.3) is 0 Å². The van der Waals surface area contributed by atoms with Gasteiger partial charge in [-0.05, 0) is 33.3 Å². The summed E-state index contributed by atoms with van der Waals surface area (Å²) in [6, 6.07) is 8.45. The Morgan fingerprint density at radius 2 is 1.75 bits per heavy atom. The van der Waals surface area contributed by atoms with Crippen molar-refractivity contribution < 1.29 is 28.7 Å². The second-order valence-electron chi connectivity index (χ2n) is 7.89. The van der Waals surface area contributed by atoms with Gasteiger partial charge in [0.05, 0.1) is 6.61 Å². The second kappa shape index (κ2) is 13.8. The van der Waals surface area contributed by atoms with Crippen LogP contribution in [0.1, 0.15) is 39.7 Å². The number of ether oxygens (including phenoxy) is 2. The molecule has 0 aliphatic heterocycles. The fourth-order valence-electron chi connectivity index (χ4n) is 2.55. The van der Waals surface area contributed by atoms with Crippen molar-refractivity contribution in [2.75, 3.05) is 19.7 Å². The molecule has 3 N–H and O–H groups in total. The van der Waals surface area contributed by atoms with Crippen LogP contribution in [0.3, 0.4) is 0 Å². The molecule has 0 unspecified atom stereocenters. The molecule has 176 valence electrons. The summed E-state index contributed by atoms with van der Waals surface area (Å²) in [6.45, 7) is 7.38. The van der Waals surface area contributed by atoms with Crippen molar-refractivity contribution in [1.82, 2.24) is 16.0 Å². The molecule has 0 radical (unpaired) electrons. The van der Waals surface area contributed by atoms with E-state index in [0.29, 0.717) is 6.42 Å². The number of alkyl carbamates (subject to hydrolysis) is 1. The Morgan fingerprint density at radius 3 is 2.38 bits per heavy atom. The number of esters is 1. The summed E-state index contributed by atoms with van der Waals surface area (Å²) in [7, 11) is 0. The number of nitrogens with one attached hydrogen (secondary N) is 3. The summed E-state index contributed by atoms with van der Waals surface area (Å²) in [4.78, 5) is 48.0. The van der Waals surface area contributed by atoms with Gasteiger partial charge in [0.15, 0.2) is 0 Å². The molecule has 0 saturated carbocycles. The Hall–Kier alpha value is -3.36.